The molecular weight excluding hydrogens is 359 g/mol. The van der Waals surface area contributed by atoms with Gasteiger partial charge in [0.05, 0.1) is 12.4 Å². The number of aryl methyl sites for hydroxylation is 1. The van der Waals surface area contributed by atoms with Gasteiger partial charge in [0, 0.05) is 46.4 Å². The fraction of sp³-hybridized carbons (Fsp3) is 0.318. The number of para-hydroxylation sites is 1. The van der Waals surface area contributed by atoms with E-state index in [2.05, 4.69) is 11.1 Å². The molecule has 4 rings (SSSR count). The molecule has 5 heteroatoms. The number of rotatable bonds is 5. The minimum absolute atomic E-state index is 0.137. The maximum absolute atomic E-state index is 13.3. The first-order valence-corrected chi connectivity index (χ1v) is 10.3. The number of amides is 1. The van der Waals surface area contributed by atoms with Crippen LogP contribution in [0, 0.1) is 0 Å². The molecule has 0 bridgehead atoms. The SMILES string of the molecule is CCN(CC)C(=O)C1Sc2cccc(CCF)c2-c2[nH]c3ccccc3c21. The minimum Gasteiger partial charge on any atom is -0.354 e. The maximum atomic E-state index is 13.3. The number of aromatic nitrogens is 1. The van der Waals surface area contributed by atoms with Gasteiger partial charge in [0.2, 0.25) is 5.91 Å². The van der Waals surface area contributed by atoms with Gasteiger partial charge in [0.25, 0.3) is 0 Å². The molecule has 0 saturated heterocycles. The Bertz CT molecular complexity index is 993. The zero-order valence-electron chi connectivity index (χ0n) is 15.6. The second-order valence-corrected chi connectivity index (χ2v) is 7.84. The summed E-state index contributed by atoms with van der Waals surface area (Å²) in [4.78, 5) is 19.8. The number of hydrogen-bond acceptors (Lipinski definition) is 2. The van der Waals surface area contributed by atoms with Gasteiger partial charge in [-0.1, -0.05) is 30.3 Å². The van der Waals surface area contributed by atoms with Crippen LogP contribution in [-0.2, 0) is 11.2 Å². The van der Waals surface area contributed by atoms with Gasteiger partial charge >= 0.3 is 0 Å². The number of hydrogen-bond donors (Lipinski definition) is 1. The Kier molecular flexibility index (Phi) is 4.96. The fourth-order valence-electron chi connectivity index (χ4n) is 3.96. The van der Waals surface area contributed by atoms with E-state index in [1.807, 2.05) is 55.1 Å². The molecule has 140 valence electrons. The monoisotopic (exact) mass is 382 g/mol. The summed E-state index contributed by atoms with van der Waals surface area (Å²) in [5.41, 5.74) is 5.06. The third-order valence-electron chi connectivity index (χ3n) is 5.28. The number of alkyl halides is 1. The van der Waals surface area contributed by atoms with Crippen LogP contribution in [-0.4, -0.2) is 35.6 Å². The van der Waals surface area contributed by atoms with Gasteiger partial charge in [0.1, 0.15) is 5.25 Å². The molecule has 1 N–H and O–H groups in total. The standard InChI is InChI=1S/C22H23FN2OS/c1-3-25(4-2)22(26)21-19-15-9-5-6-10-16(15)24-20(19)18-14(12-13-23)8-7-11-17(18)27-21/h5-11,21,24H,3-4,12-13H2,1-2H3. The molecule has 1 atom stereocenters. The van der Waals surface area contributed by atoms with Crippen LogP contribution in [0.4, 0.5) is 4.39 Å². The van der Waals surface area contributed by atoms with E-state index in [1.165, 1.54) is 0 Å². The molecule has 27 heavy (non-hydrogen) atoms. The number of aromatic amines is 1. The Morgan fingerprint density at radius 2 is 1.93 bits per heavy atom. The lowest BCUT2D eigenvalue weighted by molar-refractivity contribution is -0.130. The topological polar surface area (TPSA) is 36.1 Å². The highest BCUT2D eigenvalue weighted by Crippen LogP contribution is 2.53. The van der Waals surface area contributed by atoms with Crippen molar-refractivity contribution >= 4 is 28.6 Å². The van der Waals surface area contributed by atoms with Crippen molar-refractivity contribution in [3.8, 4) is 11.3 Å². The molecule has 2 aromatic carbocycles. The van der Waals surface area contributed by atoms with Crippen LogP contribution in [0.25, 0.3) is 22.2 Å². The number of thioether (sulfide) groups is 1. The van der Waals surface area contributed by atoms with Crippen LogP contribution >= 0.6 is 11.8 Å². The third-order valence-corrected chi connectivity index (χ3v) is 6.55. The highest BCUT2D eigenvalue weighted by atomic mass is 32.2. The van der Waals surface area contributed by atoms with Crippen molar-refractivity contribution in [3.05, 3.63) is 53.6 Å². The quantitative estimate of drug-likeness (QED) is 0.645. The number of H-pyrrole nitrogens is 1. The molecule has 3 nitrogen and oxygen atoms in total. The molecule has 1 aliphatic heterocycles. The number of likely N-dealkylation sites (N-methyl/N-ethyl adjacent to an activating group) is 1. The molecule has 1 aliphatic rings. The Labute approximate surface area is 163 Å². The Morgan fingerprint density at radius 1 is 1.15 bits per heavy atom. The summed E-state index contributed by atoms with van der Waals surface area (Å²) in [6.07, 6.45) is 0.382. The summed E-state index contributed by atoms with van der Waals surface area (Å²) in [7, 11) is 0. The highest BCUT2D eigenvalue weighted by molar-refractivity contribution is 8.00. The summed E-state index contributed by atoms with van der Waals surface area (Å²) in [6, 6.07) is 14.1. The first kappa shape index (κ1) is 18.1. The summed E-state index contributed by atoms with van der Waals surface area (Å²) in [6.45, 7) is 5.02. The van der Waals surface area contributed by atoms with Gasteiger partial charge in [0.15, 0.2) is 0 Å². The zero-order chi connectivity index (χ0) is 19.0. The number of fused-ring (bicyclic) bond motifs is 5. The molecule has 0 radical (unpaired) electrons. The van der Waals surface area contributed by atoms with Gasteiger partial charge in [-0.25, -0.2) is 0 Å². The van der Waals surface area contributed by atoms with Crippen molar-refractivity contribution in [3.63, 3.8) is 0 Å². The maximum Gasteiger partial charge on any atom is 0.240 e. The average Bonchev–Trinajstić information content (AvgIpc) is 3.08. The molecule has 1 aromatic heterocycles. The number of carbonyl (C=O) groups is 1. The van der Waals surface area contributed by atoms with Gasteiger partial charge < -0.3 is 9.88 Å². The molecule has 2 heterocycles. The molecule has 0 spiro atoms. The Hall–Kier alpha value is -2.27. The summed E-state index contributed by atoms with van der Waals surface area (Å²) < 4.78 is 13.2. The smallest absolute Gasteiger partial charge is 0.240 e. The number of benzene rings is 2. The molecule has 0 fully saturated rings. The molecular formula is C22H23FN2OS. The third kappa shape index (κ3) is 2.94. The fourth-order valence-corrected chi connectivity index (χ4v) is 5.34. The van der Waals surface area contributed by atoms with Gasteiger partial charge in [-0.05, 0) is 31.5 Å². The highest BCUT2D eigenvalue weighted by Gasteiger charge is 2.36. The number of carbonyl (C=O) groups excluding carboxylic acids is 1. The van der Waals surface area contributed by atoms with Crippen LogP contribution in [0.2, 0.25) is 0 Å². The second kappa shape index (κ2) is 7.39. The van der Waals surface area contributed by atoms with E-state index in [-0.39, 0.29) is 11.2 Å². The first-order chi connectivity index (χ1) is 13.2. The lowest BCUT2D eigenvalue weighted by Gasteiger charge is -2.30. The summed E-state index contributed by atoms with van der Waals surface area (Å²) in [5.74, 6) is 0.137. The van der Waals surface area contributed by atoms with Crippen molar-refractivity contribution in [2.75, 3.05) is 19.8 Å². The van der Waals surface area contributed by atoms with E-state index in [0.717, 1.165) is 38.2 Å². The van der Waals surface area contributed by atoms with Gasteiger partial charge in [-0.2, -0.15) is 0 Å². The van der Waals surface area contributed by atoms with Crippen LogP contribution in [0.1, 0.15) is 30.2 Å². The van der Waals surface area contributed by atoms with Crippen LogP contribution in [0.15, 0.2) is 47.4 Å². The minimum atomic E-state index is -0.390. The van der Waals surface area contributed by atoms with E-state index >= 15 is 0 Å². The predicted octanol–water partition coefficient (Wildman–Crippen LogP) is 5.36. The van der Waals surface area contributed by atoms with Crippen LogP contribution in [0.3, 0.4) is 0 Å². The van der Waals surface area contributed by atoms with Gasteiger partial charge in [-0.15, -0.1) is 11.8 Å². The van der Waals surface area contributed by atoms with Crippen LogP contribution < -0.4 is 0 Å². The summed E-state index contributed by atoms with van der Waals surface area (Å²) in [5, 5.41) is 0.787. The van der Waals surface area contributed by atoms with Crippen molar-refractivity contribution in [2.24, 2.45) is 0 Å². The van der Waals surface area contributed by atoms with Crippen molar-refractivity contribution in [2.45, 2.75) is 30.4 Å². The number of halogens is 1. The van der Waals surface area contributed by atoms with E-state index < -0.39 is 6.67 Å². The Balaban J connectivity index is 1.96. The zero-order valence-corrected chi connectivity index (χ0v) is 16.4. The largest absolute Gasteiger partial charge is 0.354 e. The number of nitrogens with one attached hydrogen (secondary N) is 1. The summed E-state index contributed by atoms with van der Waals surface area (Å²) >= 11 is 1.59. The predicted molar refractivity (Wildman–Crippen MR) is 110 cm³/mol. The normalized spacial score (nSPS) is 15.4. The van der Waals surface area contributed by atoms with E-state index in [4.69, 9.17) is 0 Å². The second-order valence-electron chi connectivity index (χ2n) is 6.70. The molecule has 0 saturated carbocycles. The number of nitrogens with zero attached hydrogens (tertiary/aromatic N) is 1. The average molecular weight is 383 g/mol. The lowest BCUT2D eigenvalue weighted by atomic mass is 9.96. The molecule has 1 amide bonds. The Morgan fingerprint density at radius 3 is 2.67 bits per heavy atom. The molecule has 0 aliphatic carbocycles. The van der Waals surface area contributed by atoms with E-state index in [1.54, 1.807) is 11.8 Å². The lowest BCUT2D eigenvalue weighted by Crippen LogP contribution is -2.34. The molecule has 1 unspecified atom stereocenters. The van der Waals surface area contributed by atoms with Crippen molar-refractivity contribution in [1.29, 1.82) is 0 Å². The first-order valence-electron chi connectivity index (χ1n) is 9.43. The van der Waals surface area contributed by atoms with Crippen molar-refractivity contribution in [1.82, 2.24) is 9.88 Å². The molecule has 3 aromatic rings. The van der Waals surface area contributed by atoms with E-state index in [0.29, 0.717) is 19.5 Å². The van der Waals surface area contributed by atoms with Crippen LogP contribution in [0.5, 0.6) is 0 Å². The van der Waals surface area contributed by atoms with E-state index in [9.17, 15) is 9.18 Å². The van der Waals surface area contributed by atoms with Crippen molar-refractivity contribution < 1.29 is 9.18 Å². The van der Waals surface area contributed by atoms with Gasteiger partial charge in [-0.3, -0.25) is 9.18 Å².